The highest BCUT2D eigenvalue weighted by Crippen LogP contribution is 2.22. The van der Waals surface area contributed by atoms with E-state index in [0.29, 0.717) is 5.69 Å². The highest BCUT2D eigenvalue weighted by atomic mass is 16.5. The van der Waals surface area contributed by atoms with Gasteiger partial charge < -0.3 is 15.2 Å². The van der Waals surface area contributed by atoms with Crippen LogP contribution in [-0.4, -0.2) is 24.1 Å². The van der Waals surface area contributed by atoms with Gasteiger partial charge in [-0.1, -0.05) is 18.2 Å². The Bertz CT molecular complexity index is 694. The van der Waals surface area contributed by atoms with Crippen LogP contribution in [0.5, 0.6) is 5.75 Å². The molecule has 1 amide bonds. The summed E-state index contributed by atoms with van der Waals surface area (Å²) in [7, 11) is 1.27. The summed E-state index contributed by atoms with van der Waals surface area (Å²) in [5.41, 5.74) is 1.56. The fraction of sp³-hybridized carbons (Fsp3) is 0.125. The van der Waals surface area contributed by atoms with Crippen LogP contribution in [0.25, 0.3) is 0 Å². The SMILES string of the molecule is COC(=O)c1ccccc1NC(=O)c1ccc(C)cc1O. The summed E-state index contributed by atoms with van der Waals surface area (Å²) in [5, 5.41) is 12.4. The summed E-state index contributed by atoms with van der Waals surface area (Å²) in [5.74, 6) is -1.15. The first kappa shape index (κ1) is 14.6. The Morgan fingerprint density at radius 3 is 2.48 bits per heavy atom. The zero-order valence-corrected chi connectivity index (χ0v) is 11.7. The summed E-state index contributed by atoms with van der Waals surface area (Å²) in [6, 6.07) is 11.3. The molecule has 0 heterocycles. The van der Waals surface area contributed by atoms with Crippen molar-refractivity contribution >= 4 is 17.6 Å². The third kappa shape index (κ3) is 3.20. The third-order valence-electron chi connectivity index (χ3n) is 2.98. The van der Waals surface area contributed by atoms with Gasteiger partial charge in [-0.15, -0.1) is 0 Å². The monoisotopic (exact) mass is 285 g/mol. The standard InChI is InChI=1S/C16H15NO4/c1-10-7-8-12(14(18)9-10)15(19)17-13-6-4-3-5-11(13)16(20)21-2/h3-9,18H,1-2H3,(H,17,19). The van der Waals surface area contributed by atoms with Gasteiger partial charge >= 0.3 is 5.97 Å². The number of amides is 1. The summed E-state index contributed by atoms with van der Waals surface area (Å²) in [6.07, 6.45) is 0. The number of ether oxygens (including phenoxy) is 1. The average molecular weight is 285 g/mol. The van der Waals surface area contributed by atoms with Crippen LogP contribution in [0.4, 0.5) is 5.69 Å². The minimum atomic E-state index is -0.543. The molecule has 0 aliphatic carbocycles. The topological polar surface area (TPSA) is 75.6 Å². The highest BCUT2D eigenvalue weighted by Gasteiger charge is 2.16. The number of aryl methyl sites for hydroxylation is 1. The van der Waals surface area contributed by atoms with E-state index in [2.05, 4.69) is 10.1 Å². The molecule has 2 rings (SSSR count). The van der Waals surface area contributed by atoms with Gasteiger partial charge in [0.15, 0.2) is 0 Å². The van der Waals surface area contributed by atoms with E-state index in [1.807, 2.05) is 6.92 Å². The lowest BCUT2D eigenvalue weighted by Gasteiger charge is -2.10. The Morgan fingerprint density at radius 1 is 1.10 bits per heavy atom. The molecule has 0 atom stereocenters. The number of nitrogens with one attached hydrogen (secondary N) is 1. The smallest absolute Gasteiger partial charge is 0.339 e. The quantitative estimate of drug-likeness (QED) is 0.850. The molecule has 0 aliphatic heterocycles. The average Bonchev–Trinajstić information content (AvgIpc) is 2.46. The van der Waals surface area contributed by atoms with E-state index in [4.69, 9.17) is 0 Å². The number of methoxy groups -OCH3 is 1. The van der Waals surface area contributed by atoms with Crippen molar-refractivity contribution in [3.8, 4) is 5.75 Å². The molecule has 5 heteroatoms. The first-order chi connectivity index (χ1) is 10.0. The first-order valence-electron chi connectivity index (χ1n) is 6.31. The van der Waals surface area contributed by atoms with E-state index >= 15 is 0 Å². The van der Waals surface area contributed by atoms with Crippen LogP contribution in [0.3, 0.4) is 0 Å². The molecule has 2 aromatic rings. The maximum atomic E-state index is 12.2. The molecule has 21 heavy (non-hydrogen) atoms. The summed E-state index contributed by atoms with van der Waals surface area (Å²) < 4.78 is 4.66. The first-order valence-corrected chi connectivity index (χ1v) is 6.31. The molecular formula is C16H15NO4. The van der Waals surface area contributed by atoms with E-state index < -0.39 is 11.9 Å². The number of carbonyl (C=O) groups excluding carboxylic acids is 2. The Labute approximate surface area is 122 Å². The molecule has 0 spiro atoms. The van der Waals surface area contributed by atoms with Crippen LogP contribution < -0.4 is 5.32 Å². The zero-order chi connectivity index (χ0) is 15.4. The van der Waals surface area contributed by atoms with E-state index in [-0.39, 0.29) is 16.9 Å². The fourth-order valence-electron chi connectivity index (χ4n) is 1.90. The minimum Gasteiger partial charge on any atom is -0.507 e. The number of aromatic hydroxyl groups is 1. The minimum absolute atomic E-state index is 0.108. The van der Waals surface area contributed by atoms with Crippen LogP contribution in [0.2, 0.25) is 0 Å². The van der Waals surface area contributed by atoms with Crippen molar-refractivity contribution in [2.24, 2.45) is 0 Å². The van der Waals surface area contributed by atoms with Gasteiger partial charge in [0, 0.05) is 0 Å². The van der Waals surface area contributed by atoms with Crippen LogP contribution >= 0.6 is 0 Å². The molecular weight excluding hydrogens is 270 g/mol. The van der Waals surface area contributed by atoms with Crippen molar-refractivity contribution in [3.63, 3.8) is 0 Å². The maximum absolute atomic E-state index is 12.2. The molecule has 0 fully saturated rings. The lowest BCUT2D eigenvalue weighted by atomic mass is 10.1. The molecule has 108 valence electrons. The number of esters is 1. The number of hydrogen-bond donors (Lipinski definition) is 2. The van der Waals surface area contributed by atoms with Crippen molar-refractivity contribution in [2.45, 2.75) is 6.92 Å². The molecule has 0 radical (unpaired) electrons. The summed E-state index contributed by atoms with van der Waals surface area (Å²) in [6.45, 7) is 1.81. The van der Waals surface area contributed by atoms with Gasteiger partial charge in [0.05, 0.1) is 23.9 Å². The second-order valence-electron chi connectivity index (χ2n) is 4.51. The van der Waals surface area contributed by atoms with E-state index in [1.165, 1.54) is 19.2 Å². The largest absolute Gasteiger partial charge is 0.507 e. The highest BCUT2D eigenvalue weighted by molar-refractivity contribution is 6.09. The summed E-state index contributed by atoms with van der Waals surface area (Å²) in [4.78, 5) is 23.8. The fourth-order valence-corrected chi connectivity index (χ4v) is 1.90. The van der Waals surface area contributed by atoms with Crippen molar-refractivity contribution < 1.29 is 19.4 Å². The van der Waals surface area contributed by atoms with Crippen molar-refractivity contribution in [2.75, 3.05) is 12.4 Å². The van der Waals surface area contributed by atoms with Gasteiger partial charge in [0.25, 0.3) is 5.91 Å². The predicted molar refractivity (Wildman–Crippen MR) is 78.6 cm³/mol. The van der Waals surface area contributed by atoms with Gasteiger partial charge in [0.2, 0.25) is 0 Å². The second-order valence-corrected chi connectivity index (χ2v) is 4.51. The molecule has 0 saturated carbocycles. The van der Waals surface area contributed by atoms with Gasteiger partial charge in [-0.2, -0.15) is 0 Å². The molecule has 0 unspecified atom stereocenters. The third-order valence-corrected chi connectivity index (χ3v) is 2.98. The number of anilines is 1. The molecule has 2 N–H and O–H groups in total. The van der Waals surface area contributed by atoms with Crippen molar-refractivity contribution in [1.82, 2.24) is 0 Å². The van der Waals surface area contributed by atoms with Gasteiger partial charge in [0.1, 0.15) is 5.75 Å². The zero-order valence-electron chi connectivity index (χ0n) is 11.7. The Balaban J connectivity index is 2.30. The molecule has 0 aromatic heterocycles. The number of para-hydroxylation sites is 1. The number of phenolic OH excluding ortho intramolecular Hbond substituents is 1. The Kier molecular flexibility index (Phi) is 4.23. The normalized spacial score (nSPS) is 10.0. The maximum Gasteiger partial charge on any atom is 0.339 e. The number of phenols is 1. The molecule has 2 aromatic carbocycles. The van der Waals surface area contributed by atoms with E-state index in [0.717, 1.165) is 5.56 Å². The van der Waals surface area contributed by atoms with E-state index in [1.54, 1.807) is 30.3 Å². The van der Waals surface area contributed by atoms with Crippen LogP contribution in [-0.2, 0) is 4.74 Å². The molecule has 0 bridgehead atoms. The predicted octanol–water partition coefficient (Wildman–Crippen LogP) is 2.74. The second kappa shape index (κ2) is 6.09. The molecule has 5 nitrogen and oxygen atoms in total. The lowest BCUT2D eigenvalue weighted by molar-refractivity contribution is 0.0602. The van der Waals surface area contributed by atoms with Crippen LogP contribution in [0.1, 0.15) is 26.3 Å². The number of benzene rings is 2. The van der Waals surface area contributed by atoms with Gasteiger partial charge in [-0.3, -0.25) is 4.79 Å². The number of carbonyl (C=O) groups is 2. The van der Waals surface area contributed by atoms with Crippen LogP contribution in [0, 0.1) is 6.92 Å². The van der Waals surface area contributed by atoms with E-state index in [9.17, 15) is 14.7 Å². The van der Waals surface area contributed by atoms with Crippen molar-refractivity contribution in [3.05, 3.63) is 59.2 Å². The lowest BCUT2D eigenvalue weighted by Crippen LogP contribution is -2.15. The Hall–Kier alpha value is -2.82. The number of rotatable bonds is 3. The molecule has 0 saturated heterocycles. The number of hydrogen-bond acceptors (Lipinski definition) is 4. The Morgan fingerprint density at radius 2 is 1.81 bits per heavy atom. The van der Waals surface area contributed by atoms with Gasteiger partial charge in [-0.25, -0.2) is 4.79 Å². The summed E-state index contributed by atoms with van der Waals surface area (Å²) >= 11 is 0. The molecule has 0 aliphatic rings. The van der Waals surface area contributed by atoms with Gasteiger partial charge in [-0.05, 0) is 36.8 Å². The van der Waals surface area contributed by atoms with Crippen molar-refractivity contribution in [1.29, 1.82) is 0 Å². The van der Waals surface area contributed by atoms with Crippen LogP contribution in [0.15, 0.2) is 42.5 Å².